The van der Waals surface area contributed by atoms with Crippen LogP contribution < -0.4 is 10.2 Å². The minimum absolute atomic E-state index is 0.0901. The third kappa shape index (κ3) is 4.36. The van der Waals surface area contributed by atoms with E-state index in [9.17, 15) is 8.78 Å². The average molecular weight is 394 g/mol. The van der Waals surface area contributed by atoms with Crippen LogP contribution in [0.1, 0.15) is 30.4 Å². The number of rotatable bonds is 4. The number of hydrogen-bond donors (Lipinski definition) is 1. The van der Waals surface area contributed by atoms with Crippen molar-refractivity contribution < 1.29 is 8.78 Å². The Bertz CT molecular complexity index is 1050. The lowest BCUT2D eigenvalue weighted by Gasteiger charge is -2.25. The molecule has 1 aliphatic rings. The molecule has 29 heavy (non-hydrogen) atoms. The molecule has 0 aliphatic carbocycles. The monoisotopic (exact) mass is 394 g/mol. The predicted octanol–water partition coefficient (Wildman–Crippen LogP) is 5.65. The van der Waals surface area contributed by atoms with Gasteiger partial charge in [0, 0.05) is 54.5 Å². The van der Waals surface area contributed by atoms with E-state index in [1.807, 2.05) is 54.3 Å². The molecule has 0 amide bonds. The van der Waals surface area contributed by atoms with Gasteiger partial charge in [-0.2, -0.15) is 0 Å². The Balaban J connectivity index is 1.73. The van der Waals surface area contributed by atoms with E-state index >= 15 is 0 Å². The van der Waals surface area contributed by atoms with Gasteiger partial charge in [-0.05, 0) is 49.2 Å². The number of nitrogens with one attached hydrogen (secondary N) is 1. The highest BCUT2D eigenvalue weighted by Crippen LogP contribution is 2.33. The van der Waals surface area contributed by atoms with E-state index in [4.69, 9.17) is 4.98 Å². The number of alkyl halides is 2. The Morgan fingerprint density at radius 2 is 2.00 bits per heavy atom. The van der Waals surface area contributed by atoms with Gasteiger partial charge in [-0.25, -0.2) is 18.7 Å². The second-order valence-electron chi connectivity index (χ2n) is 7.58. The summed E-state index contributed by atoms with van der Waals surface area (Å²) in [6.07, 6.45) is 1.85. The molecule has 1 aromatic carbocycles. The minimum atomic E-state index is -2.62. The number of fused-ring (bicyclic) bond motifs is 1. The molecule has 4 rings (SSSR count). The molecule has 6 heteroatoms. The third-order valence-corrected chi connectivity index (χ3v) is 5.23. The molecule has 0 bridgehead atoms. The fourth-order valence-electron chi connectivity index (χ4n) is 3.70. The Labute approximate surface area is 169 Å². The van der Waals surface area contributed by atoms with Crippen molar-refractivity contribution in [1.82, 2.24) is 9.97 Å². The Hall–Kier alpha value is -3.02. The zero-order valence-corrected chi connectivity index (χ0v) is 16.5. The number of halogens is 2. The number of aromatic nitrogens is 2. The van der Waals surface area contributed by atoms with Gasteiger partial charge in [-0.15, -0.1) is 0 Å². The number of nitrogens with zero attached hydrogens (tertiary/aromatic N) is 3. The molecular weight excluding hydrogens is 370 g/mol. The van der Waals surface area contributed by atoms with Crippen LogP contribution in [0.2, 0.25) is 0 Å². The molecular formula is C23H24F2N4. The molecule has 0 unspecified atom stereocenters. The largest absolute Gasteiger partial charge is 0.356 e. The topological polar surface area (TPSA) is 41.1 Å². The summed E-state index contributed by atoms with van der Waals surface area (Å²) in [5, 5.41) is 4.23. The first-order valence-electron chi connectivity index (χ1n) is 9.83. The van der Waals surface area contributed by atoms with Crippen molar-refractivity contribution in [2.24, 2.45) is 0 Å². The molecule has 0 atom stereocenters. The summed E-state index contributed by atoms with van der Waals surface area (Å²) < 4.78 is 27.8. The lowest BCUT2D eigenvalue weighted by Crippen LogP contribution is -2.28. The van der Waals surface area contributed by atoms with E-state index in [1.165, 1.54) is 0 Å². The van der Waals surface area contributed by atoms with E-state index in [0.717, 1.165) is 22.2 Å². The van der Waals surface area contributed by atoms with Gasteiger partial charge in [0.15, 0.2) is 5.65 Å². The van der Waals surface area contributed by atoms with Gasteiger partial charge in [0.05, 0.1) is 0 Å². The summed E-state index contributed by atoms with van der Waals surface area (Å²) in [6.45, 7) is 7.03. The second-order valence-corrected chi connectivity index (χ2v) is 7.58. The van der Waals surface area contributed by atoms with E-state index in [2.05, 4.69) is 16.9 Å². The second kappa shape index (κ2) is 7.78. The van der Waals surface area contributed by atoms with Crippen molar-refractivity contribution >= 4 is 28.2 Å². The molecule has 0 saturated carbocycles. The van der Waals surface area contributed by atoms with Crippen LogP contribution in [0.3, 0.4) is 0 Å². The standard InChI is InChI=1S/C23H24F2N4/c1-16-6-3-8-19(14-16)27-17(2)20-15-18-7-4-11-26-21(18)28-22(20)29-12-5-9-23(24,25)10-13-29/h3-4,6-8,11,14-15,27H,2,5,9-10,12-13H2,1H3. The molecule has 1 N–H and O–H groups in total. The highest BCUT2D eigenvalue weighted by Gasteiger charge is 2.32. The van der Waals surface area contributed by atoms with Gasteiger partial charge in [0.2, 0.25) is 5.92 Å². The summed E-state index contributed by atoms with van der Waals surface area (Å²) in [5.74, 6) is -1.97. The van der Waals surface area contributed by atoms with Crippen molar-refractivity contribution in [2.75, 3.05) is 23.3 Å². The van der Waals surface area contributed by atoms with Crippen LogP contribution in [0.5, 0.6) is 0 Å². The van der Waals surface area contributed by atoms with E-state index in [0.29, 0.717) is 30.1 Å². The smallest absolute Gasteiger partial charge is 0.249 e. The minimum Gasteiger partial charge on any atom is -0.356 e. The van der Waals surface area contributed by atoms with Crippen LogP contribution >= 0.6 is 0 Å². The van der Waals surface area contributed by atoms with Crippen LogP contribution in [-0.2, 0) is 0 Å². The van der Waals surface area contributed by atoms with Gasteiger partial charge >= 0.3 is 0 Å². The van der Waals surface area contributed by atoms with E-state index in [-0.39, 0.29) is 19.4 Å². The number of anilines is 2. The van der Waals surface area contributed by atoms with Crippen molar-refractivity contribution in [3.05, 3.63) is 66.4 Å². The first-order valence-corrected chi connectivity index (χ1v) is 9.83. The Kier molecular flexibility index (Phi) is 5.18. The van der Waals surface area contributed by atoms with Crippen molar-refractivity contribution in [1.29, 1.82) is 0 Å². The maximum absolute atomic E-state index is 13.9. The van der Waals surface area contributed by atoms with Crippen molar-refractivity contribution in [3.8, 4) is 0 Å². The molecule has 3 heterocycles. The predicted molar refractivity (Wildman–Crippen MR) is 114 cm³/mol. The number of aryl methyl sites for hydroxylation is 1. The van der Waals surface area contributed by atoms with Crippen LogP contribution in [0, 0.1) is 6.92 Å². The molecule has 4 nitrogen and oxygen atoms in total. The van der Waals surface area contributed by atoms with Gasteiger partial charge < -0.3 is 10.2 Å². The summed E-state index contributed by atoms with van der Waals surface area (Å²) in [5.41, 5.74) is 4.15. The number of benzene rings is 1. The molecule has 1 aliphatic heterocycles. The molecule has 2 aromatic heterocycles. The Morgan fingerprint density at radius 1 is 1.14 bits per heavy atom. The maximum Gasteiger partial charge on any atom is 0.249 e. The van der Waals surface area contributed by atoms with Gasteiger partial charge in [0.1, 0.15) is 5.82 Å². The van der Waals surface area contributed by atoms with Crippen LogP contribution in [0.15, 0.2) is 55.2 Å². The summed E-state index contributed by atoms with van der Waals surface area (Å²) in [6, 6.07) is 13.8. The van der Waals surface area contributed by atoms with Crippen LogP contribution in [0.4, 0.5) is 20.3 Å². The highest BCUT2D eigenvalue weighted by atomic mass is 19.3. The molecule has 3 aromatic rings. The first-order chi connectivity index (χ1) is 13.9. The number of hydrogen-bond acceptors (Lipinski definition) is 4. The molecule has 1 saturated heterocycles. The zero-order valence-electron chi connectivity index (χ0n) is 16.5. The van der Waals surface area contributed by atoms with Gasteiger partial charge in [-0.1, -0.05) is 18.7 Å². The van der Waals surface area contributed by atoms with E-state index < -0.39 is 5.92 Å². The van der Waals surface area contributed by atoms with Crippen molar-refractivity contribution in [2.45, 2.75) is 32.1 Å². The third-order valence-electron chi connectivity index (χ3n) is 5.23. The Morgan fingerprint density at radius 3 is 2.83 bits per heavy atom. The zero-order chi connectivity index (χ0) is 20.4. The fraction of sp³-hybridized carbons (Fsp3) is 0.304. The summed E-state index contributed by atoms with van der Waals surface area (Å²) in [4.78, 5) is 11.0. The molecule has 150 valence electrons. The number of pyridine rings is 2. The summed E-state index contributed by atoms with van der Waals surface area (Å²) in [7, 11) is 0. The van der Waals surface area contributed by atoms with Crippen molar-refractivity contribution in [3.63, 3.8) is 0 Å². The quantitative estimate of drug-likeness (QED) is 0.621. The molecule has 0 radical (unpaired) electrons. The normalized spacial score (nSPS) is 16.4. The molecule has 0 spiro atoms. The van der Waals surface area contributed by atoms with Crippen LogP contribution in [-0.4, -0.2) is 29.0 Å². The average Bonchev–Trinajstić information content (AvgIpc) is 2.87. The van der Waals surface area contributed by atoms with E-state index in [1.54, 1.807) is 6.20 Å². The first kappa shape index (κ1) is 19.3. The molecule has 1 fully saturated rings. The lowest BCUT2D eigenvalue weighted by molar-refractivity contribution is -0.0102. The van der Waals surface area contributed by atoms with Gasteiger partial charge in [-0.3, -0.25) is 0 Å². The fourth-order valence-corrected chi connectivity index (χ4v) is 3.70. The SMILES string of the molecule is C=C(Nc1cccc(C)c1)c1cc2cccnc2nc1N1CCCC(F)(F)CC1. The van der Waals surface area contributed by atoms with Crippen LogP contribution in [0.25, 0.3) is 16.7 Å². The maximum atomic E-state index is 13.9. The highest BCUT2D eigenvalue weighted by molar-refractivity contribution is 5.88. The summed E-state index contributed by atoms with van der Waals surface area (Å²) >= 11 is 0. The van der Waals surface area contributed by atoms with Gasteiger partial charge in [0.25, 0.3) is 0 Å². The lowest BCUT2D eigenvalue weighted by atomic mass is 10.1.